The van der Waals surface area contributed by atoms with Gasteiger partial charge in [0.1, 0.15) is 5.69 Å². The Morgan fingerprint density at radius 3 is 2.74 bits per heavy atom. The Bertz CT molecular complexity index is 1110. The number of nitrogens with zero attached hydrogens (tertiary/aromatic N) is 2. The zero-order valence-electron chi connectivity index (χ0n) is 14.4. The first-order chi connectivity index (χ1) is 13.0. The molecule has 1 fully saturated rings. The fourth-order valence-electron chi connectivity index (χ4n) is 3.16. The second-order valence-electron chi connectivity index (χ2n) is 6.51. The van der Waals surface area contributed by atoms with Crippen molar-refractivity contribution in [3.8, 4) is 0 Å². The highest BCUT2D eigenvalue weighted by Crippen LogP contribution is 2.24. The van der Waals surface area contributed by atoms with Crippen molar-refractivity contribution in [3.05, 3.63) is 60.6 Å². The van der Waals surface area contributed by atoms with Crippen molar-refractivity contribution in [2.45, 2.75) is 12.5 Å². The lowest BCUT2D eigenvalue weighted by molar-refractivity contribution is 0.0936. The van der Waals surface area contributed by atoms with Crippen molar-refractivity contribution < 1.29 is 13.2 Å². The maximum atomic E-state index is 12.4. The summed E-state index contributed by atoms with van der Waals surface area (Å²) in [7, 11) is -3.05. The number of amides is 1. The summed E-state index contributed by atoms with van der Waals surface area (Å²) < 4.78 is 23.1. The van der Waals surface area contributed by atoms with Gasteiger partial charge in [-0.25, -0.2) is 8.42 Å². The van der Waals surface area contributed by atoms with Crippen molar-refractivity contribution in [2.24, 2.45) is 0 Å². The molecule has 8 heteroatoms. The van der Waals surface area contributed by atoms with Crippen molar-refractivity contribution in [1.82, 2.24) is 15.3 Å². The summed E-state index contributed by atoms with van der Waals surface area (Å²) in [5, 5.41) is 7.03. The molecule has 3 heterocycles. The molecule has 2 aromatic heterocycles. The van der Waals surface area contributed by atoms with Gasteiger partial charge in [-0.15, -0.1) is 0 Å². The lowest BCUT2D eigenvalue weighted by atomic mass is 10.2. The average Bonchev–Trinajstić information content (AvgIpc) is 3.00. The van der Waals surface area contributed by atoms with E-state index < -0.39 is 9.84 Å². The molecular formula is C19H18N4O3S. The van der Waals surface area contributed by atoms with Crippen molar-refractivity contribution in [1.29, 1.82) is 0 Å². The molecule has 1 unspecified atom stereocenters. The van der Waals surface area contributed by atoms with Crippen LogP contribution >= 0.6 is 0 Å². The lowest BCUT2D eigenvalue weighted by Crippen LogP contribution is -2.36. The van der Waals surface area contributed by atoms with Crippen LogP contribution in [0, 0.1) is 0 Å². The van der Waals surface area contributed by atoms with E-state index in [9.17, 15) is 13.2 Å². The Morgan fingerprint density at radius 1 is 1.07 bits per heavy atom. The molecule has 1 saturated heterocycles. The first kappa shape index (κ1) is 17.4. The molecule has 1 aromatic carbocycles. The highest BCUT2D eigenvalue weighted by atomic mass is 32.2. The third-order valence-electron chi connectivity index (χ3n) is 4.47. The van der Waals surface area contributed by atoms with Crippen molar-refractivity contribution >= 4 is 38.0 Å². The monoisotopic (exact) mass is 382 g/mol. The van der Waals surface area contributed by atoms with Crippen molar-refractivity contribution in [2.75, 3.05) is 16.8 Å². The number of anilines is 2. The minimum absolute atomic E-state index is 0.0155. The number of rotatable bonds is 4. The molecule has 0 saturated carbocycles. The van der Waals surface area contributed by atoms with E-state index >= 15 is 0 Å². The highest BCUT2D eigenvalue weighted by molar-refractivity contribution is 7.91. The van der Waals surface area contributed by atoms with Crippen LogP contribution < -0.4 is 10.6 Å². The Balaban J connectivity index is 1.53. The SMILES string of the molecule is O=C(NC1CCS(=O)(=O)C1)c1cc(Nc2cccc3cccnc23)ccn1. The molecule has 0 bridgehead atoms. The van der Waals surface area contributed by atoms with Gasteiger partial charge in [-0.1, -0.05) is 18.2 Å². The van der Waals surface area contributed by atoms with E-state index in [0.29, 0.717) is 12.1 Å². The average molecular weight is 382 g/mol. The molecule has 1 atom stereocenters. The second-order valence-corrected chi connectivity index (χ2v) is 8.74. The second kappa shape index (κ2) is 6.96. The fraction of sp³-hybridized carbons (Fsp3) is 0.211. The molecule has 1 aliphatic heterocycles. The summed E-state index contributed by atoms with van der Waals surface area (Å²) in [5.74, 6) is -0.281. The summed E-state index contributed by atoms with van der Waals surface area (Å²) in [6, 6.07) is 12.7. The minimum Gasteiger partial charge on any atom is -0.354 e. The van der Waals surface area contributed by atoms with E-state index in [0.717, 1.165) is 16.6 Å². The Kier molecular flexibility index (Phi) is 4.49. The van der Waals surface area contributed by atoms with E-state index in [-0.39, 0.29) is 29.1 Å². The summed E-state index contributed by atoms with van der Waals surface area (Å²) in [6.45, 7) is 0. The van der Waals surface area contributed by atoms with Gasteiger partial charge in [-0.3, -0.25) is 14.8 Å². The van der Waals surface area contributed by atoms with Crippen LogP contribution in [0.1, 0.15) is 16.9 Å². The molecule has 3 aromatic rings. The third-order valence-corrected chi connectivity index (χ3v) is 6.24. The summed E-state index contributed by atoms with van der Waals surface area (Å²) in [5.41, 5.74) is 2.59. The number of hydrogen-bond donors (Lipinski definition) is 2. The number of para-hydroxylation sites is 1. The van der Waals surface area contributed by atoms with Gasteiger partial charge in [-0.2, -0.15) is 0 Å². The summed E-state index contributed by atoms with van der Waals surface area (Å²) in [6.07, 6.45) is 3.71. The number of fused-ring (bicyclic) bond motifs is 1. The van der Waals surface area contributed by atoms with Crippen LogP contribution in [0.5, 0.6) is 0 Å². The quantitative estimate of drug-likeness (QED) is 0.718. The first-order valence-corrected chi connectivity index (χ1v) is 10.4. The standard InChI is InChI=1S/C19H18N4O3S/c24-19(23-15-7-10-27(25,26)12-15)17-11-14(6-9-20-17)22-16-5-1-3-13-4-2-8-21-18(13)16/h1-6,8-9,11,15H,7,10,12H2,(H,20,22)(H,23,24). The number of nitrogens with one attached hydrogen (secondary N) is 2. The summed E-state index contributed by atoms with van der Waals surface area (Å²) in [4.78, 5) is 20.9. The van der Waals surface area contributed by atoms with Crippen LogP contribution in [0.4, 0.5) is 11.4 Å². The van der Waals surface area contributed by atoms with Gasteiger partial charge in [0, 0.05) is 29.5 Å². The van der Waals surface area contributed by atoms with Gasteiger partial charge < -0.3 is 10.6 Å². The maximum Gasteiger partial charge on any atom is 0.270 e. The molecule has 2 N–H and O–H groups in total. The zero-order valence-corrected chi connectivity index (χ0v) is 15.2. The number of sulfone groups is 1. The van der Waals surface area contributed by atoms with E-state index in [4.69, 9.17) is 0 Å². The smallest absolute Gasteiger partial charge is 0.270 e. The molecule has 0 spiro atoms. The van der Waals surface area contributed by atoms with E-state index in [1.165, 1.54) is 0 Å². The Morgan fingerprint density at radius 2 is 1.93 bits per heavy atom. The first-order valence-electron chi connectivity index (χ1n) is 8.58. The maximum absolute atomic E-state index is 12.4. The fourth-order valence-corrected chi connectivity index (χ4v) is 4.83. The number of benzene rings is 1. The molecule has 27 heavy (non-hydrogen) atoms. The van der Waals surface area contributed by atoms with Gasteiger partial charge in [0.15, 0.2) is 9.84 Å². The normalized spacial score (nSPS) is 18.3. The van der Waals surface area contributed by atoms with E-state index in [2.05, 4.69) is 20.6 Å². The van der Waals surface area contributed by atoms with E-state index in [1.807, 2.05) is 30.3 Å². The molecule has 0 radical (unpaired) electrons. The van der Waals surface area contributed by atoms with Crippen LogP contribution in [0.2, 0.25) is 0 Å². The molecule has 7 nitrogen and oxygen atoms in total. The third kappa shape index (κ3) is 3.90. The number of carbonyl (C=O) groups excluding carboxylic acids is 1. The molecule has 1 aliphatic rings. The van der Waals surface area contributed by atoms with Crippen LogP contribution in [-0.4, -0.2) is 41.8 Å². The predicted octanol–water partition coefficient (Wildman–Crippen LogP) is 2.29. The van der Waals surface area contributed by atoms with Crippen LogP contribution in [0.25, 0.3) is 10.9 Å². The zero-order chi connectivity index (χ0) is 18.9. The van der Waals surface area contributed by atoms with Gasteiger partial charge in [-0.05, 0) is 30.7 Å². The Hall–Kier alpha value is -3.00. The van der Waals surface area contributed by atoms with Gasteiger partial charge in [0.25, 0.3) is 5.91 Å². The molecule has 1 amide bonds. The Labute approximate surface area is 156 Å². The molecule has 0 aliphatic carbocycles. The van der Waals surface area contributed by atoms with Crippen LogP contribution in [0.3, 0.4) is 0 Å². The number of hydrogen-bond acceptors (Lipinski definition) is 6. The minimum atomic E-state index is -3.05. The number of pyridine rings is 2. The molecule has 4 rings (SSSR count). The van der Waals surface area contributed by atoms with Gasteiger partial charge in [0.2, 0.25) is 0 Å². The predicted molar refractivity (Wildman–Crippen MR) is 104 cm³/mol. The van der Waals surface area contributed by atoms with Gasteiger partial charge >= 0.3 is 0 Å². The molecule has 138 valence electrons. The lowest BCUT2D eigenvalue weighted by Gasteiger charge is -2.12. The topological polar surface area (TPSA) is 101 Å². The number of aromatic nitrogens is 2. The number of carbonyl (C=O) groups is 1. The largest absolute Gasteiger partial charge is 0.354 e. The summed E-state index contributed by atoms with van der Waals surface area (Å²) >= 11 is 0. The molecular weight excluding hydrogens is 364 g/mol. The van der Waals surface area contributed by atoms with Crippen molar-refractivity contribution in [3.63, 3.8) is 0 Å². The highest BCUT2D eigenvalue weighted by Gasteiger charge is 2.29. The van der Waals surface area contributed by atoms with Gasteiger partial charge in [0.05, 0.1) is 22.7 Å². The van der Waals surface area contributed by atoms with Crippen LogP contribution in [-0.2, 0) is 9.84 Å². The van der Waals surface area contributed by atoms with E-state index in [1.54, 1.807) is 24.5 Å². The van der Waals surface area contributed by atoms with Crippen LogP contribution in [0.15, 0.2) is 54.9 Å².